The lowest BCUT2D eigenvalue weighted by Crippen LogP contribution is -2.14. The zero-order chi connectivity index (χ0) is 9.40. The molecule has 1 radical (unpaired) electrons. The fourth-order valence-electron chi connectivity index (χ4n) is 1.10. The summed E-state index contributed by atoms with van der Waals surface area (Å²) in [6.07, 6.45) is 5.29. The van der Waals surface area contributed by atoms with E-state index in [2.05, 4.69) is 26.2 Å². The van der Waals surface area contributed by atoms with Gasteiger partial charge in [0.1, 0.15) is 0 Å². The fourth-order valence-corrected chi connectivity index (χ4v) is 1.10. The molecule has 2 nitrogen and oxygen atoms in total. The first-order valence-electron chi connectivity index (χ1n) is 4.72. The molecule has 0 saturated heterocycles. The molecule has 0 aliphatic rings. The molecule has 0 aromatic carbocycles. The van der Waals surface area contributed by atoms with Crippen LogP contribution in [0.2, 0.25) is 0 Å². The summed E-state index contributed by atoms with van der Waals surface area (Å²) in [6.45, 7) is 4.45. The molecule has 1 N–H and O–H groups in total. The summed E-state index contributed by atoms with van der Waals surface area (Å²) >= 11 is 0. The Morgan fingerprint density at radius 1 is 1.33 bits per heavy atom. The number of rotatable bonds is 6. The van der Waals surface area contributed by atoms with E-state index in [1.807, 2.05) is 0 Å². The lowest BCUT2D eigenvalue weighted by Gasteiger charge is -2.03. The number of carbonyl (C=O) groups is 1. The van der Waals surface area contributed by atoms with E-state index in [1.54, 1.807) is 0 Å². The predicted molar refractivity (Wildman–Crippen MR) is 51.4 cm³/mol. The van der Waals surface area contributed by atoms with Crippen molar-refractivity contribution in [2.75, 3.05) is 0 Å². The van der Waals surface area contributed by atoms with E-state index >= 15 is 0 Å². The lowest BCUT2D eigenvalue weighted by molar-refractivity contribution is -0.120. The van der Waals surface area contributed by atoms with Crippen molar-refractivity contribution in [2.24, 2.45) is 5.92 Å². The van der Waals surface area contributed by atoms with E-state index in [0.29, 0.717) is 6.42 Å². The second-order valence-electron chi connectivity index (χ2n) is 3.59. The Morgan fingerprint density at radius 3 is 2.50 bits per heavy atom. The maximum Gasteiger partial charge on any atom is 0.220 e. The van der Waals surface area contributed by atoms with Gasteiger partial charge in [-0.1, -0.05) is 33.1 Å². The molecule has 0 aromatic rings. The third kappa shape index (κ3) is 7.58. The third-order valence-electron chi connectivity index (χ3n) is 1.88. The minimum Gasteiger partial charge on any atom is -0.354 e. The van der Waals surface area contributed by atoms with Crippen LogP contribution < -0.4 is 5.32 Å². The van der Waals surface area contributed by atoms with Crippen LogP contribution in [0.5, 0.6) is 0 Å². The van der Waals surface area contributed by atoms with Crippen LogP contribution >= 0.6 is 0 Å². The smallest absolute Gasteiger partial charge is 0.220 e. The number of unbranched alkanes of at least 4 members (excludes halogenated alkanes) is 2. The highest BCUT2D eigenvalue weighted by atomic mass is 16.1. The molecule has 0 rings (SSSR count). The van der Waals surface area contributed by atoms with Gasteiger partial charge in [0, 0.05) is 13.5 Å². The molecule has 71 valence electrons. The van der Waals surface area contributed by atoms with Crippen molar-refractivity contribution in [2.45, 2.75) is 46.0 Å². The standard InChI is InChI=1S/C10H20NO/c1-9(2)7-5-4-6-8-10(12)11-3/h9H,3-8H2,1-2H3,(H,11,12). The molecule has 0 aliphatic carbocycles. The second kappa shape index (κ2) is 7.14. The second-order valence-corrected chi connectivity index (χ2v) is 3.59. The van der Waals surface area contributed by atoms with Crippen molar-refractivity contribution in [1.82, 2.24) is 5.32 Å². The first kappa shape index (κ1) is 11.5. The summed E-state index contributed by atoms with van der Waals surface area (Å²) in [5, 5.41) is 2.38. The van der Waals surface area contributed by atoms with E-state index in [4.69, 9.17) is 0 Å². The van der Waals surface area contributed by atoms with Crippen LogP contribution in [0.25, 0.3) is 0 Å². The Morgan fingerprint density at radius 2 is 2.00 bits per heavy atom. The quantitative estimate of drug-likeness (QED) is 0.610. The third-order valence-corrected chi connectivity index (χ3v) is 1.88. The van der Waals surface area contributed by atoms with Gasteiger partial charge in [-0.2, -0.15) is 0 Å². The summed E-state index contributed by atoms with van der Waals surface area (Å²) in [5.41, 5.74) is 0. The largest absolute Gasteiger partial charge is 0.354 e. The van der Waals surface area contributed by atoms with Gasteiger partial charge in [-0.3, -0.25) is 4.79 Å². The number of carbonyl (C=O) groups excluding carboxylic acids is 1. The molecule has 1 amide bonds. The lowest BCUT2D eigenvalue weighted by atomic mass is 10.0. The van der Waals surface area contributed by atoms with Crippen molar-refractivity contribution in [3.8, 4) is 0 Å². The molecule has 2 heteroatoms. The molecular weight excluding hydrogens is 150 g/mol. The molecule has 0 aliphatic heterocycles. The number of amides is 1. The van der Waals surface area contributed by atoms with Gasteiger partial charge in [0.25, 0.3) is 0 Å². The highest BCUT2D eigenvalue weighted by Gasteiger charge is 1.98. The Kier molecular flexibility index (Phi) is 6.82. The summed E-state index contributed by atoms with van der Waals surface area (Å²) in [7, 11) is 3.31. The Bertz CT molecular complexity index is 121. The zero-order valence-corrected chi connectivity index (χ0v) is 8.23. The molecule has 0 aromatic heterocycles. The van der Waals surface area contributed by atoms with Gasteiger partial charge < -0.3 is 5.32 Å². The molecular formula is C10H20NO. The van der Waals surface area contributed by atoms with Crippen LogP contribution in [0.1, 0.15) is 46.0 Å². The topological polar surface area (TPSA) is 29.1 Å². The first-order valence-corrected chi connectivity index (χ1v) is 4.72. The first-order chi connectivity index (χ1) is 5.66. The average Bonchev–Trinajstić information content (AvgIpc) is 2.03. The minimum atomic E-state index is 0.0551. The summed E-state index contributed by atoms with van der Waals surface area (Å²) < 4.78 is 0. The Labute approximate surface area is 75.7 Å². The van der Waals surface area contributed by atoms with Crippen LogP contribution in [0.3, 0.4) is 0 Å². The van der Waals surface area contributed by atoms with Crippen molar-refractivity contribution < 1.29 is 4.79 Å². The van der Waals surface area contributed by atoms with E-state index in [0.717, 1.165) is 18.8 Å². The molecule has 12 heavy (non-hydrogen) atoms. The van der Waals surface area contributed by atoms with Gasteiger partial charge in [-0.15, -0.1) is 0 Å². The van der Waals surface area contributed by atoms with Gasteiger partial charge in [-0.25, -0.2) is 0 Å². The van der Waals surface area contributed by atoms with Gasteiger partial charge in [0.15, 0.2) is 0 Å². The van der Waals surface area contributed by atoms with Crippen molar-refractivity contribution in [3.63, 3.8) is 0 Å². The zero-order valence-electron chi connectivity index (χ0n) is 8.23. The molecule has 0 atom stereocenters. The normalized spacial score (nSPS) is 10.3. The van der Waals surface area contributed by atoms with E-state index < -0.39 is 0 Å². The maximum atomic E-state index is 10.7. The monoisotopic (exact) mass is 170 g/mol. The molecule has 0 bridgehead atoms. The molecule has 0 saturated carbocycles. The molecule has 0 heterocycles. The molecule has 0 spiro atoms. The highest BCUT2D eigenvalue weighted by Crippen LogP contribution is 2.08. The van der Waals surface area contributed by atoms with Gasteiger partial charge in [0.05, 0.1) is 0 Å². The van der Waals surface area contributed by atoms with E-state index in [1.165, 1.54) is 12.8 Å². The van der Waals surface area contributed by atoms with Crippen LogP contribution in [0.15, 0.2) is 0 Å². The van der Waals surface area contributed by atoms with Crippen molar-refractivity contribution in [3.05, 3.63) is 7.05 Å². The summed E-state index contributed by atoms with van der Waals surface area (Å²) in [6, 6.07) is 0. The van der Waals surface area contributed by atoms with Crippen LogP contribution in [0, 0.1) is 13.0 Å². The van der Waals surface area contributed by atoms with Gasteiger partial charge in [-0.05, 0) is 12.3 Å². The van der Waals surface area contributed by atoms with Crippen LogP contribution in [-0.4, -0.2) is 5.91 Å². The Balaban J connectivity index is 3.05. The number of hydrogen-bond donors (Lipinski definition) is 1. The number of hydrogen-bond acceptors (Lipinski definition) is 1. The SMILES string of the molecule is [CH2]NC(=O)CCCCCC(C)C. The molecule has 0 fully saturated rings. The summed E-state index contributed by atoms with van der Waals surface area (Å²) in [5.74, 6) is 0.839. The minimum absolute atomic E-state index is 0.0551. The number of nitrogens with one attached hydrogen (secondary N) is 1. The van der Waals surface area contributed by atoms with Crippen LogP contribution in [0.4, 0.5) is 0 Å². The Hall–Kier alpha value is -0.530. The van der Waals surface area contributed by atoms with Crippen LogP contribution in [-0.2, 0) is 4.79 Å². The van der Waals surface area contributed by atoms with Crippen molar-refractivity contribution in [1.29, 1.82) is 0 Å². The van der Waals surface area contributed by atoms with E-state index in [9.17, 15) is 4.79 Å². The van der Waals surface area contributed by atoms with Gasteiger partial charge >= 0.3 is 0 Å². The summed E-state index contributed by atoms with van der Waals surface area (Å²) in [4.78, 5) is 10.7. The average molecular weight is 170 g/mol. The fraction of sp³-hybridized carbons (Fsp3) is 0.800. The van der Waals surface area contributed by atoms with Gasteiger partial charge in [0.2, 0.25) is 5.91 Å². The highest BCUT2D eigenvalue weighted by molar-refractivity contribution is 5.75. The molecule has 0 unspecified atom stereocenters. The van der Waals surface area contributed by atoms with E-state index in [-0.39, 0.29) is 5.91 Å². The predicted octanol–water partition coefficient (Wildman–Crippen LogP) is 2.50. The maximum absolute atomic E-state index is 10.7. The van der Waals surface area contributed by atoms with Crippen molar-refractivity contribution >= 4 is 5.91 Å².